The zero-order valence-corrected chi connectivity index (χ0v) is 10.4. The van der Waals surface area contributed by atoms with Gasteiger partial charge in [-0.1, -0.05) is 29.8 Å². The summed E-state index contributed by atoms with van der Waals surface area (Å²) in [4.78, 5) is 0. The first kappa shape index (κ1) is 11.7. The van der Waals surface area contributed by atoms with E-state index < -0.39 is 0 Å². The van der Waals surface area contributed by atoms with E-state index in [9.17, 15) is 0 Å². The molecule has 2 rings (SSSR count). The topological polar surface area (TPSA) is 9.23 Å². The molecule has 1 aromatic rings. The van der Waals surface area contributed by atoms with Crippen molar-refractivity contribution < 1.29 is 4.74 Å². The Balaban J connectivity index is 1.91. The van der Waals surface area contributed by atoms with Gasteiger partial charge >= 0.3 is 0 Å². The number of ether oxygens (including phenoxy) is 1. The summed E-state index contributed by atoms with van der Waals surface area (Å²) in [6.45, 7) is 3.10. The highest BCUT2D eigenvalue weighted by Gasteiger charge is 2.21. The van der Waals surface area contributed by atoms with Gasteiger partial charge in [0.2, 0.25) is 0 Å². The largest absolute Gasteiger partial charge is 0.384 e. The third-order valence-electron chi connectivity index (χ3n) is 3.80. The molecule has 0 aromatic heterocycles. The van der Waals surface area contributed by atoms with Crippen LogP contribution in [0.15, 0.2) is 24.3 Å². The molecule has 0 unspecified atom stereocenters. The molecule has 1 aliphatic rings. The van der Waals surface area contributed by atoms with Crippen molar-refractivity contribution in [3.63, 3.8) is 0 Å². The third-order valence-corrected chi connectivity index (χ3v) is 3.80. The van der Waals surface area contributed by atoms with Crippen molar-refractivity contribution in [2.24, 2.45) is 5.92 Å². The van der Waals surface area contributed by atoms with Gasteiger partial charge in [-0.15, -0.1) is 0 Å². The fourth-order valence-corrected chi connectivity index (χ4v) is 2.74. The molecule has 88 valence electrons. The lowest BCUT2D eigenvalue weighted by Crippen LogP contribution is -2.17. The first-order valence-electron chi connectivity index (χ1n) is 6.35. The van der Waals surface area contributed by atoms with Crippen LogP contribution in [-0.2, 0) is 4.74 Å². The van der Waals surface area contributed by atoms with Gasteiger partial charge < -0.3 is 4.74 Å². The van der Waals surface area contributed by atoms with E-state index in [-0.39, 0.29) is 0 Å². The predicted octanol–water partition coefficient (Wildman–Crippen LogP) is 3.92. The van der Waals surface area contributed by atoms with E-state index in [2.05, 4.69) is 31.2 Å². The molecular weight excluding hydrogens is 196 g/mol. The summed E-state index contributed by atoms with van der Waals surface area (Å²) in [6.07, 6.45) is 5.31. The van der Waals surface area contributed by atoms with Crippen LogP contribution in [0.5, 0.6) is 0 Å². The maximum absolute atomic E-state index is 5.24. The minimum absolute atomic E-state index is 0.786. The number of methoxy groups -OCH3 is 1. The molecule has 0 atom stereocenters. The van der Waals surface area contributed by atoms with Gasteiger partial charge in [-0.2, -0.15) is 0 Å². The van der Waals surface area contributed by atoms with E-state index in [1.54, 1.807) is 0 Å². The van der Waals surface area contributed by atoms with Gasteiger partial charge in [0.05, 0.1) is 0 Å². The highest BCUT2D eigenvalue weighted by atomic mass is 16.5. The lowest BCUT2D eigenvalue weighted by molar-refractivity contribution is 0.127. The van der Waals surface area contributed by atoms with Crippen molar-refractivity contribution in [3.05, 3.63) is 35.4 Å². The average Bonchev–Trinajstić information content (AvgIpc) is 2.32. The molecule has 0 N–H and O–H groups in total. The van der Waals surface area contributed by atoms with E-state index in [0.29, 0.717) is 0 Å². The van der Waals surface area contributed by atoms with Crippen molar-refractivity contribution in [2.75, 3.05) is 13.7 Å². The van der Waals surface area contributed by atoms with Crippen LogP contribution in [0.2, 0.25) is 0 Å². The number of hydrogen-bond acceptors (Lipinski definition) is 1. The van der Waals surface area contributed by atoms with Crippen LogP contribution in [0.25, 0.3) is 0 Å². The smallest absolute Gasteiger partial charge is 0.0490 e. The van der Waals surface area contributed by atoms with Crippen LogP contribution in [0.1, 0.15) is 42.7 Å². The second kappa shape index (κ2) is 5.49. The summed E-state index contributed by atoms with van der Waals surface area (Å²) < 4.78 is 5.24. The van der Waals surface area contributed by atoms with Crippen LogP contribution >= 0.6 is 0 Å². The number of aryl methyl sites for hydroxylation is 1. The molecule has 0 heterocycles. The Hall–Kier alpha value is -0.820. The van der Waals surface area contributed by atoms with E-state index in [4.69, 9.17) is 4.74 Å². The molecular formula is C15H22O. The summed E-state index contributed by atoms with van der Waals surface area (Å²) in [5.74, 6) is 1.58. The third kappa shape index (κ3) is 2.85. The van der Waals surface area contributed by atoms with Crippen LogP contribution in [0.4, 0.5) is 0 Å². The Bertz CT molecular complexity index is 307. The Kier molecular flexibility index (Phi) is 4.00. The zero-order chi connectivity index (χ0) is 11.4. The SMILES string of the molecule is COCC1CCC(c2ccc(C)cc2)CC1. The van der Waals surface area contributed by atoms with Crippen LogP contribution in [-0.4, -0.2) is 13.7 Å². The molecule has 16 heavy (non-hydrogen) atoms. The summed E-state index contributed by atoms with van der Waals surface area (Å²) in [7, 11) is 1.81. The quantitative estimate of drug-likeness (QED) is 0.747. The minimum Gasteiger partial charge on any atom is -0.384 e. The Morgan fingerprint density at radius 1 is 1.06 bits per heavy atom. The Morgan fingerprint density at radius 2 is 1.69 bits per heavy atom. The maximum Gasteiger partial charge on any atom is 0.0490 e. The van der Waals surface area contributed by atoms with Crippen molar-refractivity contribution in [1.82, 2.24) is 0 Å². The second-order valence-corrected chi connectivity index (χ2v) is 5.08. The predicted molar refractivity (Wildman–Crippen MR) is 67.8 cm³/mol. The highest BCUT2D eigenvalue weighted by Crippen LogP contribution is 2.35. The van der Waals surface area contributed by atoms with Gasteiger partial charge in [0, 0.05) is 13.7 Å². The van der Waals surface area contributed by atoms with Gasteiger partial charge in [-0.05, 0) is 50.0 Å². The summed E-state index contributed by atoms with van der Waals surface area (Å²) in [6, 6.07) is 9.07. The first-order valence-corrected chi connectivity index (χ1v) is 6.35. The summed E-state index contributed by atoms with van der Waals surface area (Å²) >= 11 is 0. The Morgan fingerprint density at radius 3 is 2.25 bits per heavy atom. The van der Waals surface area contributed by atoms with Gasteiger partial charge in [-0.25, -0.2) is 0 Å². The van der Waals surface area contributed by atoms with Crippen LogP contribution < -0.4 is 0 Å². The Labute approximate surface area is 98.8 Å². The second-order valence-electron chi connectivity index (χ2n) is 5.08. The number of benzene rings is 1. The van der Waals surface area contributed by atoms with E-state index in [1.807, 2.05) is 7.11 Å². The molecule has 1 fully saturated rings. The summed E-state index contributed by atoms with van der Waals surface area (Å²) in [5.41, 5.74) is 2.89. The van der Waals surface area contributed by atoms with Gasteiger partial charge in [-0.3, -0.25) is 0 Å². The number of hydrogen-bond donors (Lipinski definition) is 0. The first-order chi connectivity index (χ1) is 7.79. The molecule has 1 aromatic carbocycles. The van der Waals surface area contributed by atoms with Gasteiger partial charge in [0.1, 0.15) is 0 Å². The molecule has 0 saturated heterocycles. The standard InChI is InChI=1S/C15H22O/c1-12-3-7-14(8-4-12)15-9-5-13(6-10-15)11-16-2/h3-4,7-8,13,15H,5-6,9-11H2,1-2H3. The molecule has 0 spiro atoms. The monoisotopic (exact) mass is 218 g/mol. The molecule has 1 saturated carbocycles. The molecule has 0 amide bonds. The van der Waals surface area contributed by atoms with Crippen molar-refractivity contribution >= 4 is 0 Å². The van der Waals surface area contributed by atoms with Crippen molar-refractivity contribution in [2.45, 2.75) is 38.5 Å². The minimum atomic E-state index is 0.786. The van der Waals surface area contributed by atoms with E-state index in [1.165, 1.54) is 36.8 Å². The molecule has 0 bridgehead atoms. The molecule has 1 nitrogen and oxygen atoms in total. The normalized spacial score (nSPS) is 25.6. The zero-order valence-electron chi connectivity index (χ0n) is 10.4. The maximum atomic E-state index is 5.24. The summed E-state index contributed by atoms with van der Waals surface area (Å²) in [5, 5.41) is 0. The lowest BCUT2D eigenvalue weighted by Gasteiger charge is -2.28. The van der Waals surface area contributed by atoms with Crippen LogP contribution in [0.3, 0.4) is 0 Å². The molecule has 0 radical (unpaired) electrons. The molecule has 1 aliphatic carbocycles. The molecule has 1 heteroatoms. The molecule has 0 aliphatic heterocycles. The van der Waals surface area contributed by atoms with E-state index in [0.717, 1.165) is 18.4 Å². The van der Waals surface area contributed by atoms with Crippen molar-refractivity contribution in [1.29, 1.82) is 0 Å². The van der Waals surface area contributed by atoms with Gasteiger partial charge in [0.15, 0.2) is 0 Å². The van der Waals surface area contributed by atoms with E-state index >= 15 is 0 Å². The van der Waals surface area contributed by atoms with Crippen molar-refractivity contribution in [3.8, 4) is 0 Å². The fourth-order valence-electron chi connectivity index (χ4n) is 2.74. The highest BCUT2D eigenvalue weighted by molar-refractivity contribution is 5.24. The average molecular weight is 218 g/mol. The number of rotatable bonds is 3. The fraction of sp³-hybridized carbons (Fsp3) is 0.600. The lowest BCUT2D eigenvalue weighted by atomic mass is 9.79. The van der Waals surface area contributed by atoms with Gasteiger partial charge in [0.25, 0.3) is 0 Å². The van der Waals surface area contributed by atoms with Crippen LogP contribution in [0, 0.1) is 12.8 Å².